The molecule has 0 bridgehead atoms. The van der Waals surface area contributed by atoms with Crippen molar-refractivity contribution in [2.75, 3.05) is 6.61 Å². The van der Waals surface area contributed by atoms with E-state index in [4.69, 9.17) is 16.3 Å². The van der Waals surface area contributed by atoms with E-state index >= 15 is 0 Å². The average Bonchev–Trinajstić information content (AvgIpc) is 2.37. The zero-order chi connectivity index (χ0) is 15.8. The number of carbonyl (C=O) groups is 2. The van der Waals surface area contributed by atoms with E-state index in [9.17, 15) is 9.59 Å². The van der Waals surface area contributed by atoms with Crippen LogP contribution in [0.5, 0.6) is 0 Å². The minimum atomic E-state index is -0.600. The number of ether oxygens (including phenoxy) is 1. The van der Waals surface area contributed by atoms with Crippen LogP contribution in [0.4, 0.5) is 0 Å². The fourth-order valence-electron chi connectivity index (χ4n) is 2.01. The van der Waals surface area contributed by atoms with Crippen LogP contribution in [0.25, 0.3) is 0 Å². The van der Waals surface area contributed by atoms with E-state index in [1.807, 2.05) is 19.9 Å². The molecule has 1 aromatic carbocycles. The monoisotopic (exact) mass is 311 g/mol. The fraction of sp³-hybridized carbons (Fsp3) is 0.500. The Labute approximate surface area is 130 Å². The lowest BCUT2D eigenvalue weighted by Gasteiger charge is -2.19. The van der Waals surface area contributed by atoms with Crippen molar-refractivity contribution in [2.45, 2.75) is 39.7 Å². The fourth-order valence-corrected chi connectivity index (χ4v) is 2.22. The molecule has 0 aliphatic heterocycles. The molecule has 0 saturated carbocycles. The summed E-state index contributed by atoms with van der Waals surface area (Å²) in [6.45, 7) is 6.04. The molecule has 116 valence electrons. The van der Waals surface area contributed by atoms with Gasteiger partial charge in [-0.2, -0.15) is 0 Å². The minimum absolute atomic E-state index is 0.189. The number of amides is 1. The Kier molecular flexibility index (Phi) is 7.23. The van der Waals surface area contributed by atoms with Crippen LogP contribution in [0.3, 0.4) is 0 Å². The molecule has 1 aromatic rings. The highest BCUT2D eigenvalue weighted by Crippen LogP contribution is 2.12. The maximum atomic E-state index is 12.1. The quantitative estimate of drug-likeness (QED) is 0.788. The molecule has 0 radical (unpaired) electrons. The van der Waals surface area contributed by atoms with Crippen molar-refractivity contribution in [1.82, 2.24) is 5.32 Å². The van der Waals surface area contributed by atoms with E-state index in [2.05, 4.69) is 5.32 Å². The Morgan fingerprint density at radius 2 is 2.05 bits per heavy atom. The molecule has 1 atom stereocenters. The maximum absolute atomic E-state index is 12.1. The third-order valence-electron chi connectivity index (χ3n) is 2.87. The molecule has 1 N–H and O–H groups in total. The van der Waals surface area contributed by atoms with Gasteiger partial charge in [-0.1, -0.05) is 37.6 Å². The van der Waals surface area contributed by atoms with Gasteiger partial charge in [0.15, 0.2) is 0 Å². The zero-order valence-corrected chi connectivity index (χ0v) is 13.4. The second-order valence-electron chi connectivity index (χ2n) is 5.31. The third kappa shape index (κ3) is 6.63. The van der Waals surface area contributed by atoms with Crippen LogP contribution < -0.4 is 5.32 Å². The smallest absolute Gasteiger partial charge is 0.328 e. The van der Waals surface area contributed by atoms with Crippen LogP contribution in [-0.4, -0.2) is 24.5 Å². The van der Waals surface area contributed by atoms with Crippen LogP contribution in [-0.2, 0) is 20.7 Å². The molecule has 21 heavy (non-hydrogen) atoms. The van der Waals surface area contributed by atoms with Gasteiger partial charge in [0, 0.05) is 5.02 Å². The number of halogens is 1. The van der Waals surface area contributed by atoms with Gasteiger partial charge in [0.1, 0.15) is 6.04 Å². The molecule has 0 spiro atoms. The van der Waals surface area contributed by atoms with Crippen molar-refractivity contribution in [3.8, 4) is 0 Å². The molecule has 0 aliphatic rings. The van der Waals surface area contributed by atoms with Crippen molar-refractivity contribution in [2.24, 2.45) is 5.92 Å². The van der Waals surface area contributed by atoms with Gasteiger partial charge in [-0.05, 0) is 37.0 Å². The van der Waals surface area contributed by atoms with E-state index in [0.29, 0.717) is 18.1 Å². The molecule has 4 nitrogen and oxygen atoms in total. The third-order valence-corrected chi connectivity index (χ3v) is 3.10. The molecule has 0 unspecified atom stereocenters. The topological polar surface area (TPSA) is 55.4 Å². The van der Waals surface area contributed by atoms with Gasteiger partial charge in [-0.25, -0.2) is 4.79 Å². The first kappa shape index (κ1) is 17.5. The molecule has 0 heterocycles. The van der Waals surface area contributed by atoms with Gasteiger partial charge in [0.25, 0.3) is 0 Å². The largest absolute Gasteiger partial charge is 0.464 e. The maximum Gasteiger partial charge on any atom is 0.328 e. The van der Waals surface area contributed by atoms with Crippen LogP contribution in [0.1, 0.15) is 32.8 Å². The molecule has 1 rings (SSSR count). The standard InChI is InChI=1S/C16H22ClNO3/c1-4-21-16(20)14(8-11(2)3)18-15(19)10-12-6-5-7-13(17)9-12/h5-7,9,11,14H,4,8,10H2,1-3H3,(H,18,19)/t14-/m0/s1. The van der Waals surface area contributed by atoms with E-state index in [1.54, 1.807) is 25.1 Å². The molecule has 1 amide bonds. The van der Waals surface area contributed by atoms with Crippen molar-refractivity contribution < 1.29 is 14.3 Å². The van der Waals surface area contributed by atoms with E-state index in [1.165, 1.54) is 0 Å². The van der Waals surface area contributed by atoms with E-state index in [-0.39, 0.29) is 24.2 Å². The first-order valence-electron chi connectivity index (χ1n) is 7.12. The lowest BCUT2D eigenvalue weighted by Crippen LogP contribution is -2.43. The Hall–Kier alpha value is -1.55. The first-order chi connectivity index (χ1) is 9.92. The highest BCUT2D eigenvalue weighted by Gasteiger charge is 2.23. The average molecular weight is 312 g/mol. The summed E-state index contributed by atoms with van der Waals surface area (Å²) in [5.74, 6) is -0.313. The van der Waals surface area contributed by atoms with Gasteiger partial charge < -0.3 is 10.1 Å². The van der Waals surface area contributed by atoms with E-state index in [0.717, 1.165) is 5.56 Å². The van der Waals surface area contributed by atoms with Crippen molar-refractivity contribution >= 4 is 23.5 Å². The second-order valence-corrected chi connectivity index (χ2v) is 5.74. The number of nitrogens with one attached hydrogen (secondary N) is 1. The molecule has 0 saturated heterocycles. The predicted octanol–water partition coefficient (Wildman–Crippen LogP) is 2.98. The molecule has 0 aromatic heterocycles. The number of esters is 1. The zero-order valence-electron chi connectivity index (χ0n) is 12.7. The summed E-state index contributed by atoms with van der Waals surface area (Å²) in [7, 11) is 0. The van der Waals surface area contributed by atoms with E-state index < -0.39 is 6.04 Å². The Morgan fingerprint density at radius 3 is 2.62 bits per heavy atom. The normalized spacial score (nSPS) is 12.0. The Balaban J connectivity index is 2.64. The lowest BCUT2D eigenvalue weighted by atomic mass is 10.0. The van der Waals surface area contributed by atoms with Gasteiger partial charge in [-0.3, -0.25) is 4.79 Å². The Morgan fingerprint density at radius 1 is 1.33 bits per heavy atom. The van der Waals surface area contributed by atoms with Crippen LogP contribution >= 0.6 is 11.6 Å². The van der Waals surface area contributed by atoms with Crippen LogP contribution in [0, 0.1) is 5.92 Å². The highest BCUT2D eigenvalue weighted by atomic mass is 35.5. The van der Waals surface area contributed by atoms with Crippen LogP contribution in [0.2, 0.25) is 5.02 Å². The van der Waals surface area contributed by atoms with Gasteiger partial charge in [0.2, 0.25) is 5.91 Å². The highest BCUT2D eigenvalue weighted by molar-refractivity contribution is 6.30. The number of carbonyl (C=O) groups excluding carboxylic acids is 2. The summed E-state index contributed by atoms with van der Waals surface area (Å²) >= 11 is 5.89. The Bertz CT molecular complexity index is 488. The van der Waals surface area contributed by atoms with Crippen LogP contribution in [0.15, 0.2) is 24.3 Å². The number of hydrogen-bond donors (Lipinski definition) is 1. The molecular weight excluding hydrogens is 290 g/mol. The summed E-state index contributed by atoms with van der Waals surface area (Å²) in [4.78, 5) is 23.9. The summed E-state index contributed by atoms with van der Waals surface area (Å²) in [6.07, 6.45) is 0.745. The number of rotatable bonds is 7. The molecule has 0 aliphatic carbocycles. The SMILES string of the molecule is CCOC(=O)[C@H](CC(C)C)NC(=O)Cc1cccc(Cl)c1. The van der Waals surface area contributed by atoms with Crippen molar-refractivity contribution in [1.29, 1.82) is 0 Å². The summed E-state index contributed by atoms with van der Waals surface area (Å²) < 4.78 is 5.00. The predicted molar refractivity (Wildman–Crippen MR) is 83.2 cm³/mol. The van der Waals surface area contributed by atoms with Gasteiger partial charge >= 0.3 is 5.97 Å². The lowest BCUT2D eigenvalue weighted by molar-refractivity contribution is -0.147. The van der Waals surface area contributed by atoms with Gasteiger partial charge in [0.05, 0.1) is 13.0 Å². The molecule has 5 heteroatoms. The number of benzene rings is 1. The second kappa shape index (κ2) is 8.67. The molecular formula is C16H22ClNO3. The van der Waals surface area contributed by atoms with Crippen molar-refractivity contribution in [3.63, 3.8) is 0 Å². The minimum Gasteiger partial charge on any atom is -0.464 e. The number of hydrogen-bond acceptors (Lipinski definition) is 3. The first-order valence-corrected chi connectivity index (χ1v) is 7.50. The molecule has 0 fully saturated rings. The van der Waals surface area contributed by atoms with Gasteiger partial charge in [-0.15, -0.1) is 0 Å². The van der Waals surface area contributed by atoms with Crippen molar-refractivity contribution in [3.05, 3.63) is 34.9 Å². The summed E-state index contributed by atoms with van der Waals surface area (Å²) in [5.41, 5.74) is 0.812. The summed E-state index contributed by atoms with van der Waals surface area (Å²) in [5, 5.41) is 3.33. The summed E-state index contributed by atoms with van der Waals surface area (Å²) in [6, 6.07) is 6.51.